The van der Waals surface area contributed by atoms with Gasteiger partial charge in [-0.2, -0.15) is 5.26 Å². The molecule has 2 N–H and O–H groups in total. The maximum Gasteiger partial charge on any atom is 0.258 e. The molecule has 1 aliphatic heterocycles. The number of nitriles is 1. The molecule has 3 heterocycles. The van der Waals surface area contributed by atoms with Gasteiger partial charge in [-0.05, 0) is 19.1 Å². The lowest BCUT2D eigenvalue weighted by atomic mass is 9.88. The first-order valence-electron chi connectivity index (χ1n) is 7.42. The van der Waals surface area contributed by atoms with Crippen LogP contribution < -0.4 is 16.0 Å². The van der Waals surface area contributed by atoms with Crippen molar-refractivity contribution in [2.45, 2.75) is 19.4 Å². The van der Waals surface area contributed by atoms with Gasteiger partial charge in [0, 0.05) is 25.4 Å². The van der Waals surface area contributed by atoms with E-state index in [0.29, 0.717) is 30.2 Å². The van der Waals surface area contributed by atoms with Crippen molar-refractivity contribution in [3.63, 3.8) is 0 Å². The molecule has 1 aliphatic rings. The summed E-state index contributed by atoms with van der Waals surface area (Å²) in [6, 6.07) is 7.19. The SMILES string of the molecule is COCCn1c(C)cc2c(c1=O)[C@@H](c1ccco1)C(C#N)=C(N)O2. The van der Waals surface area contributed by atoms with Gasteiger partial charge in [0.25, 0.3) is 5.56 Å². The van der Waals surface area contributed by atoms with Crippen LogP contribution in [0, 0.1) is 18.3 Å². The second-order valence-electron chi connectivity index (χ2n) is 5.45. The summed E-state index contributed by atoms with van der Waals surface area (Å²) >= 11 is 0. The molecule has 1 atom stereocenters. The smallest absolute Gasteiger partial charge is 0.258 e. The van der Waals surface area contributed by atoms with Crippen molar-refractivity contribution in [1.82, 2.24) is 4.57 Å². The van der Waals surface area contributed by atoms with Gasteiger partial charge in [-0.3, -0.25) is 4.79 Å². The molecule has 3 rings (SSSR count). The minimum absolute atomic E-state index is 0.0140. The van der Waals surface area contributed by atoms with Crippen LogP contribution in [0.5, 0.6) is 5.75 Å². The number of furan rings is 1. The molecule has 124 valence electrons. The van der Waals surface area contributed by atoms with Crippen molar-refractivity contribution in [1.29, 1.82) is 5.26 Å². The van der Waals surface area contributed by atoms with E-state index in [9.17, 15) is 10.1 Å². The van der Waals surface area contributed by atoms with Gasteiger partial charge < -0.3 is 24.2 Å². The van der Waals surface area contributed by atoms with E-state index in [1.807, 2.05) is 13.0 Å². The van der Waals surface area contributed by atoms with Gasteiger partial charge in [0.15, 0.2) is 0 Å². The number of nitrogens with zero attached hydrogens (tertiary/aromatic N) is 2. The minimum Gasteiger partial charge on any atom is -0.468 e. The zero-order chi connectivity index (χ0) is 17.3. The van der Waals surface area contributed by atoms with Crippen LogP contribution in [0.2, 0.25) is 0 Å². The maximum absolute atomic E-state index is 13.0. The Hall–Kier alpha value is -2.98. The lowest BCUT2D eigenvalue weighted by Crippen LogP contribution is -2.33. The summed E-state index contributed by atoms with van der Waals surface area (Å²) in [5.74, 6) is 0.123. The van der Waals surface area contributed by atoms with E-state index in [2.05, 4.69) is 0 Å². The quantitative estimate of drug-likeness (QED) is 0.915. The van der Waals surface area contributed by atoms with E-state index < -0.39 is 5.92 Å². The van der Waals surface area contributed by atoms with Gasteiger partial charge in [0.05, 0.1) is 24.4 Å². The first-order valence-corrected chi connectivity index (χ1v) is 7.42. The van der Waals surface area contributed by atoms with Crippen molar-refractivity contribution in [3.8, 4) is 11.8 Å². The molecule has 7 heteroatoms. The molecule has 0 radical (unpaired) electrons. The fraction of sp³-hybridized carbons (Fsp3) is 0.294. The Kier molecular flexibility index (Phi) is 4.15. The summed E-state index contributed by atoms with van der Waals surface area (Å²) in [5, 5.41) is 9.47. The Balaban J connectivity index is 2.25. The van der Waals surface area contributed by atoms with Gasteiger partial charge in [-0.25, -0.2) is 0 Å². The normalized spacial score (nSPS) is 16.5. The highest BCUT2D eigenvalue weighted by molar-refractivity contribution is 5.53. The number of aromatic nitrogens is 1. The third-order valence-electron chi connectivity index (χ3n) is 4.04. The van der Waals surface area contributed by atoms with Crippen LogP contribution in [0.3, 0.4) is 0 Å². The molecule has 0 spiro atoms. The number of hydrogen-bond acceptors (Lipinski definition) is 6. The van der Waals surface area contributed by atoms with Crippen LogP contribution in [0.1, 0.15) is 22.9 Å². The molecule has 0 saturated heterocycles. The highest BCUT2D eigenvalue weighted by atomic mass is 16.5. The molecule has 0 bridgehead atoms. The molecular weight excluding hydrogens is 310 g/mol. The number of methoxy groups -OCH3 is 1. The highest BCUT2D eigenvalue weighted by Crippen LogP contribution is 2.40. The van der Waals surface area contributed by atoms with Gasteiger partial charge in [-0.1, -0.05) is 0 Å². The van der Waals surface area contributed by atoms with Crippen LogP contribution >= 0.6 is 0 Å². The van der Waals surface area contributed by atoms with Crippen LogP contribution in [-0.4, -0.2) is 18.3 Å². The standard InChI is InChI=1S/C17H17N3O4/c1-10-8-13-15(17(21)20(10)5-7-22-2)14(12-4-3-6-23-12)11(9-18)16(19)24-13/h3-4,6,8,14H,5,7,19H2,1-2H3/t14-/m1/s1. The van der Waals surface area contributed by atoms with Crippen molar-refractivity contribution in [3.05, 3.63) is 63.3 Å². The average Bonchev–Trinajstić information content (AvgIpc) is 3.07. The Morgan fingerprint density at radius 2 is 2.29 bits per heavy atom. The molecule has 0 amide bonds. The summed E-state index contributed by atoms with van der Waals surface area (Å²) in [5.41, 5.74) is 6.87. The zero-order valence-electron chi connectivity index (χ0n) is 13.4. The van der Waals surface area contributed by atoms with E-state index in [1.54, 1.807) is 29.9 Å². The van der Waals surface area contributed by atoms with Crippen molar-refractivity contribution in [2.75, 3.05) is 13.7 Å². The summed E-state index contributed by atoms with van der Waals surface area (Å²) in [6.45, 7) is 2.61. The maximum atomic E-state index is 13.0. The number of allylic oxidation sites excluding steroid dienone is 1. The molecule has 7 nitrogen and oxygen atoms in total. The Morgan fingerprint density at radius 3 is 2.92 bits per heavy atom. The van der Waals surface area contributed by atoms with Crippen molar-refractivity contribution < 1.29 is 13.9 Å². The number of ether oxygens (including phenoxy) is 2. The summed E-state index contributed by atoms with van der Waals surface area (Å²) in [7, 11) is 1.57. The molecule has 0 aromatic carbocycles. The van der Waals surface area contributed by atoms with Gasteiger partial charge >= 0.3 is 0 Å². The second-order valence-corrected chi connectivity index (χ2v) is 5.45. The summed E-state index contributed by atoms with van der Waals surface area (Å²) in [6.07, 6.45) is 1.49. The second kappa shape index (κ2) is 6.26. The van der Waals surface area contributed by atoms with E-state index >= 15 is 0 Å². The fourth-order valence-corrected chi connectivity index (χ4v) is 2.89. The lowest BCUT2D eigenvalue weighted by Gasteiger charge is -2.25. The molecule has 0 aliphatic carbocycles. The molecule has 0 saturated carbocycles. The number of aryl methyl sites for hydroxylation is 1. The molecule has 2 aromatic heterocycles. The number of hydrogen-bond donors (Lipinski definition) is 1. The topological polar surface area (TPSA) is 103 Å². The van der Waals surface area contributed by atoms with E-state index in [-0.39, 0.29) is 17.0 Å². The monoisotopic (exact) mass is 327 g/mol. The fourth-order valence-electron chi connectivity index (χ4n) is 2.89. The van der Waals surface area contributed by atoms with Crippen molar-refractivity contribution >= 4 is 0 Å². The predicted molar refractivity (Wildman–Crippen MR) is 85.3 cm³/mol. The Morgan fingerprint density at radius 1 is 1.50 bits per heavy atom. The summed E-state index contributed by atoms with van der Waals surface area (Å²) < 4.78 is 17.6. The largest absolute Gasteiger partial charge is 0.468 e. The lowest BCUT2D eigenvalue weighted by molar-refractivity contribution is 0.185. The van der Waals surface area contributed by atoms with Crippen LogP contribution in [0.4, 0.5) is 0 Å². The Bertz CT molecular complexity index is 888. The minimum atomic E-state index is -0.685. The van der Waals surface area contributed by atoms with Gasteiger partial charge in [-0.15, -0.1) is 0 Å². The van der Waals surface area contributed by atoms with E-state index in [4.69, 9.17) is 19.6 Å². The van der Waals surface area contributed by atoms with E-state index in [1.165, 1.54) is 6.26 Å². The number of pyridine rings is 1. The average molecular weight is 327 g/mol. The highest BCUT2D eigenvalue weighted by Gasteiger charge is 2.35. The Labute approximate surface area is 138 Å². The summed E-state index contributed by atoms with van der Waals surface area (Å²) in [4.78, 5) is 13.0. The van der Waals surface area contributed by atoms with Gasteiger partial charge in [0.2, 0.25) is 5.88 Å². The predicted octanol–water partition coefficient (Wildman–Crippen LogP) is 1.61. The molecule has 24 heavy (non-hydrogen) atoms. The molecule has 0 fully saturated rings. The molecule has 0 unspecified atom stereocenters. The third kappa shape index (κ3) is 2.47. The number of rotatable bonds is 4. The first kappa shape index (κ1) is 15.9. The van der Waals surface area contributed by atoms with Crippen LogP contribution in [0.15, 0.2) is 45.1 Å². The third-order valence-corrected chi connectivity index (χ3v) is 4.04. The van der Waals surface area contributed by atoms with Crippen LogP contribution in [0.25, 0.3) is 0 Å². The van der Waals surface area contributed by atoms with Gasteiger partial charge in [0.1, 0.15) is 23.2 Å². The molecular formula is C17H17N3O4. The number of fused-ring (bicyclic) bond motifs is 1. The number of nitrogens with two attached hydrogens (primary N) is 1. The van der Waals surface area contributed by atoms with E-state index in [0.717, 1.165) is 5.69 Å². The molecule has 2 aromatic rings. The van der Waals surface area contributed by atoms with Crippen LogP contribution in [-0.2, 0) is 11.3 Å². The zero-order valence-corrected chi connectivity index (χ0v) is 13.4. The first-order chi connectivity index (χ1) is 11.6. The van der Waals surface area contributed by atoms with Crippen molar-refractivity contribution in [2.24, 2.45) is 5.73 Å².